The summed E-state index contributed by atoms with van der Waals surface area (Å²) in [5.41, 5.74) is 7.98. The Kier molecular flexibility index (Phi) is 7.81. The van der Waals surface area contributed by atoms with Crippen LogP contribution in [0.1, 0.15) is 44.4 Å². The van der Waals surface area contributed by atoms with Gasteiger partial charge in [-0.25, -0.2) is 0 Å². The van der Waals surface area contributed by atoms with Gasteiger partial charge in [0.15, 0.2) is 0 Å². The molecular formula is C28H33NS. The summed E-state index contributed by atoms with van der Waals surface area (Å²) in [5, 5.41) is 1.43. The van der Waals surface area contributed by atoms with Crippen molar-refractivity contribution in [2.24, 2.45) is 0 Å². The van der Waals surface area contributed by atoms with Crippen molar-refractivity contribution in [3.63, 3.8) is 0 Å². The van der Waals surface area contributed by atoms with Crippen LogP contribution in [0, 0.1) is 0 Å². The lowest BCUT2D eigenvalue weighted by Gasteiger charge is -2.16. The number of aryl methyl sites for hydroxylation is 1. The Morgan fingerprint density at radius 3 is 2.37 bits per heavy atom. The van der Waals surface area contributed by atoms with Crippen LogP contribution in [-0.2, 0) is 12.8 Å². The third kappa shape index (κ3) is 4.20. The number of hydrogen-bond acceptors (Lipinski definition) is 1. The van der Waals surface area contributed by atoms with Gasteiger partial charge in [0, 0.05) is 21.7 Å². The third-order valence-corrected chi connectivity index (χ3v) is 6.26. The van der Waals surface area contributed by atoms with E-state index >= 15 is 0 Å². The molecule has 2 aromatic carbocycles. The summed E-state index contributed by atoms with van der Waals surface area (Å²) in [7, 11) is 0. The van der Waals surface area contributed by atoms with Crippen LogP contribution in [0.25, 0.3) is 27.7 Å². The van der Waals surface area contributed by atoms with E-state index in [9.17, 15) is 0 Å². The first-order valence-electron chi connectivity index (χ1n) is 11.0. The maximum Gasteiger partial charge on any atom is 0.0546 e. The van der Waals surface area contributed by atoms with E-state index in [-0.39, 0.29) is 0 Å². The van der Waals surface area contributed by atoms with Crippen molar-refractivity contribution >= 4 is 28.4 Å². The summed E-state index contributed by atoms with van der Waals surface area (Å²) in [6, 6.07) is 15.3. The summed E-state index contributed by atoms with van der Waals surface area (Å²) in [6.07, 6.45) is 14.1. The van der Waals surface area contributed by atoms with E-state index in [1.807, 2.05) is 23.9 Å². The number of aromatic nitrogens is 1. The molecule has 0 bridgehead atoms. The molecule has 30 heavy (non-hydrogen) atoms. The van der Waals surface area contributed by atoms with Crippen molar-refractivity contribution in [3.8, 4) is 11.1 Å². The number of allylic oxidation sites excluding steroid dienone is 4. The zero-order valence-electron chi connectivity index (χ0n) is 18.6. The highest BCUT2D eigenvalue weighted by molar-refractivity contribution is 7.99. The first-order valence-corrected chi connectivity index (χ1v) is 12.2. The molecule has 4 rings (SSSR count). The Bertz CT molecular complexity index is 1050. The zero-order chi connectivity index (χ0) is 21.5. The molecule has 0 unspecified atom stereocenters. The van der Waals surface area contributed by atoms with Crippen LogP contribution in [0.4, 0.5) is 0 Å². The molecule has 0 saturated heterocycles. The quantitative estimate of drug-likeness (QED) is 0.298. The van der Waals surface area contributed by atoms with Crippen LogP contribution < -0.4 is 0 Å². The summed E-state index contributed by atoms with van der Waals surface area (Å²) in [6.45, 7) is 12.2. The van der Waals surface area contributed by atoms with Gasteiger partial charge in [0.2, 0.25) is 0 Å². The van der Waals surface area contributed by atoms with Crippen LogP contribution in [-0.4, -0.2) is 10.8 Å². The fraction of sp³-hybridized carbons (Fsp3) is 0.286. The lowest BCUT2D eigenvalue weighted by molar-refractivity contribution is 0.669. The van der Waals surface area contributed by atoms with Crippen molar-refractivity contribution in [1.29, 1.82) is 0 Å². The predicted octanol–water partition coefficient (Wildman–Crippen LogP) is 8.54. The minimum Gasteiger partial charge on any atom is -0.313 e. The third-order valence-electron chi connectivity index (χ3n) is 5.43. The molecule has 1 aromatic heterocycles. The summed E-state index contributed by atoms with van der Waals surface area (Å²) >= 11 is 1.86. The molecule has 0 amide bonds. The Morgan fingerprint density at radius 2 is 1.73 bits per heavy atom. The van der Waals surface area contributed by atoms with Crippen LogP contribution in [0.2, 0.25) is 0 Å². The van der Waals surface area contributed by atoms with Crippen LogP contribution >= 0.6 is 11.8 Å². The number of rotatable bonds is 5. The van der Waals surface area contributed by atoms with E-state index in [0.29, 0.717) is 0 Å². The monoisotopic (exact) mass is 415 g/mol. The van der Waals surface area contributed by atoms with Gasteiger partial charge in [-0.3, -0.25) is 0 Å². The van der Waals surface area contributed by atoms with Crippen molar-refractivity contribution in [3.05, 3.63) is 85.1 Å². The van der Waals surface area contributed by atoms with E-state index in [4.69, 9.17) is 0 Å². The van der Waals surface area contributed by atoms with E-state index in [2.05, 4.69) is 86.4 Å². The van der Waals surface area contributed by atoms with Crippen LogP contribution in [0.15, 0.2) is 78.7 Å². The molecule has 0 atom stereocenters. The minimum atomic E-state index is 1.11. The average Bonchev–Trinajstić information content (AvgIpc) is 3.12. The van der Waals surface area contributed by atoms with Gasteiger partial charge in [-0.15, -0.1) is 11.8 Å². The van der Waals surface area contributed by atoms with Gasteiger partial charge in [-0.1, -0.05) is 75.9 Å². The van der Waals surface area contributed by atoms with Crippen molar-refractivity contribution in [1.82, 2.24) is 4.57 Å². The van der Waals surface area contributed by atoms with Gasteiger partial charge in [-0.2, -0.15) is 0 Å². The lowest BCUT2D eigenvalue weighted by Crippen LogP contribution is -2.07. The van der Waals surface area contributed by atoms with Crippen LogP contribution in [0.5, 0.6) is 0 Å². The molecule has 0 aliphatic heterocycles. The molecule has 1 aliphatic carbocycles. The first-order chi connectivity index (χ1) is 14.7. The van der Waals surface area contributed by atoms with Crippen molar-refractivity contribution in [2.75, 3.05) is 6.26 Å². The van der Waals surface area contributed by atoms with Gasteiger partial charge >= 0.3 is 0 Å². The second kappa shape index (κ2) is 10.5. The number of fused-ring (bicyclic) bond motifs is 3. The first kappa shape index (κ1) is 22.2. The molecule has 0 saturated carbocycles. The number of thioether (sulfide) groups is 1. The molecule has 0 N–H and O–H groups in total. The number of hydrogen-bond donors (Lipinski definition) is 0. The zero-order valence-corrected chi connectivity index (χ0v) is 19.4. The lowest BCUT2D eigenvalue weighted by atomic mass is 9.94. The SMILES string of the molecule is C=C/C=C(\C=C)n1c2c(c3c(SC)c(-c4ccccc4)ccc31)CCCC2.CCC. The van der Waals surface area contributed by atoms with E-state index in [0.717, 1.165) is 18.5 Å². The highest BCUT2D eigenvalue weighted by Crippen LogP contribution is 2.43. The van der Waals surface area contributed by atoms with E-state index in [1.165, 1.54) is 57.4 Å². The highest BCUT2D eigenvalue weighted by Gasteiger charge is 2.24. The maximum absolute atomic E-state index is 4.06. The molecule has 1 heterocycles. The van der Waals surface area contributed by atoms with Gasteiger partial charge in [0.05, 0.1) is 5.52 Å². The van der Waals surface area contributed by atoms with E-state index in [1.54, 1.807) is 0 Å². The van der Waals surface area contributed by atoms with Crippen LogP contribution in [0.3, 0.4) is 0 Å². The molecule has 1 nitrogen and oxygen atoms in total. The molecule has 3 aromatic rings. The Balaban J connectivity index is 0.000000806. The summed E-state index contributed by atoms with van der Waals surface area (Å²) in [5.74, 6) is 0. The molecule has 0 spiro atoms. The maximum atomic E-state index is 4.06. The Hall–Kier alpha value is -2.45. The largest absolute Gasteiger partial charge is 0.313 e. The van der Waals surface area contributed by atoms with Crippen molar-refractivity contribution < 1.29 is 0 Å². The van der Waals surface area contributed by atoms with Gasteiger partial charge < -0.3 is 4.57 Å². The highest BCUT2D eigenvalue weighted by atomic mass is 32.2. The topological polar surface area (TPSA) is 4.93 Å². The number of nitrogens with zero attached hydrogens (tertiary/aromatic N) is 1. The van der Waals surface area contributed by atoms with Gasteiger partial charge in [0.1, 0.15) is 0 Å². The van der Waals surface area contributed by atoms with Crippen molar-refractivity contribution in [2.45, 2.75) is 50.8 Å². The minimum absolute atomic E-state index is 1.11. The predicted molar refractivity (Wildman–Crippen MR) is 136 cm³/mol. The smallest absolute Gasteiger partial charge is 0.0546 e. The molecule has 2 heteroatoms. The van der Waals surface area contributed by atoms with Gasteiger partial charge in [-0.05, 0) is 66.8 Å². The summed E-state index contributed by atoms with van der Waals surface area (Å²) in [4.78, 5) is 1.39. The number of benzene rings is 2. The molecule has 1 aliphatic rings. The fourth-order valence-corrected chi connectivity index (χ4v) is 5.15. The molecule has 0 fully saturated rings. The van der Waals surface area contributed by atoms with Gasteiger partial charge in [0.25, 0.3) is 0 Å². The standard InChI is InChI=1S/C25H25NS.C3H8/c1-4-11-19(5-2)26-22-15-10-9-14-21(22)24-23(26)17-16-20(25(24)27-3)18-12-7-6-8-13-18;1-3-2/h4-8,11-13,16-17H,1-2,9-10,14-15H2,3H3;3H2,1-2H3/b19-11+;. The second-order valence-electron chi connectivity index (χ2n) is 7.61. The van der Waals surface area contributed by atoms with E-state index < -0.39 is 0 Å². The molecule has 156 valence electrons. The Labute approximate surface area is 186 Å². The Morgan fingerprint density at radius 1 is 1.03 bits per heavy atom. The molecular weight excluding hydrogens is 382 g/mol. The normalized spacial score (nSPS) is 13.4. The fourth-order valence-electron chi connectivity index (χ4n) is 4.31. The summed E-state index contributed by atoms with van der Waals surface area (Å²) < 4.78 is 2.41. The molecule has 0 radical (unpaired) electrons. The second-order valence-corrected chi connectivity index (χ2v) is 8.43. The average molecular weight is 416 g/mol.